The number of benzene rings is 1. The minimum absolute atomic E-state index is 0.145. The molecule has 4 heteroatoms. The molecular formula is C15H20ClNO2. The maximum absolute atomic E-state index is 12.0. The summed E-state index contributed by atoms with van der Waals surface area (Å²) in [7, 11) is 0. The Balaban J connectivity index is 1.82. The Morgan fingerprint density at radius 3 is 2.84 bits per heavy atom. The van der Waals surface area contributed by atoms with Crippen LogP contribution in [0.25, 0.3) is 0 Å². The lowest BCUT2D eigenvalue weighted by atomic mass is 9.90. The van der Waals surface area contributed by atoms with E-state index in [0.717, 1.165) is 31.4 Å². The van der Waals surface area contributed by atoms with E-state index in [4.69, 9.17) is 16.3 Å². The summed E-state index contributed by atoms with van der Waals surface area (Å²) in [5.74, 6) is 0.488. The highest BCUT2D eigenvalue weighted by atomic mass is 35.5. The van der Waals surface area contributed by atoms with Gasteiger partial charge in [0.1, 0.15) is 12.6 Å². The summed E-state index contributed by atoms with van der Waals surface area (Å²) in [5.41, 5.74) is 0.959. The third kappa shape index (κ3) is 4.22. The van der Waals surface area contributed by atoms with Gasteiger partial charge in [0, 0.05) is 5.02 Å². The van der Waals surface area contributed by atoms with Gasteiger partial charge in [-0.2, -0.15) is 0 Å². The summed E-state index contributed by atoms with van der Waals surface area (Å²) in [6.07, 6.45) is 3.16. The first-order valence-electron chi connectivity index (χ1n) is 6.83. The number of ether oxygens (including phenoxy) is 1. The van der Waals surface area contributed by atoms with Gasteiger partial charge in [0.05, 0.1) is 0 Å². The van der Waals surface area contributed by atoms with Crippen LogP contribution in [0.2, 0.25) is 5.02 Å². The van der Waals surface area contributed by atoms with Crippen LogP contribution in [-0.4, -0.2) is 18.6 Å². The lowest BCUT2D eigenvalue weighted by molar-refractivity contribution is -0.148. The van der Waals surface area contributed by atoms with Gasteiger partial charge in [-0.1, -0.05) is 37.1 Å². The summed E-state index contributed by atoms with van der Waals surface area (Å²) >= 11 is 5.81. The lowest BCUT2D eigenvalue weighted by Gasteiger charge is -2.28. The Morgan fingerprint density at radius 2 is 2.16 bits per heavy atom. The van der Waals surface area contributed by atoms with E-state index in [1.165, 1.54) is 0 Å². The fraction of sp³-hybridized carbons (Fsp3) is 0.533. The fourth-order valence-corrected chi connectivity index (χ4v) is 2.51. The number of hydrogen-bond acceptors (Lipinski definition) is 3. The third-order valence-corrected chi connectivity index (χ3v) is 3.92. The number of carbonyl (C=O) groups is 1. The van der Waals surface area contributed by atoms with Crippen molar-refractivity contribution >= 4 is 17.6 Å². The van der Waals surface area contributed by atoms with E-state index < -0.39 is 0 Å². The Hall–Kier alpha value is -1.06. The number of esters is 1. The highest BCUT2D eigenvalue weighted by Crippen LogP contribution is 2.20. The molecule has 0 radical (unpaired) electrons. The van der Waals surface area contributed by atoms with Gasteiger partial charge < -0.3 is 10.1 Å². The quantitative estimate of drug-likeness (QED) is 0.862. The van der Waals surface area contributed by atoms with Crippen molar-refractivity contribution in [3.63, 3.8) is 0 Å². The molecule has 0 aromatic heterocycles. The van der Waals surface area contributed by atoms with Crippen molar-refractivity contribution in [2.75, 3.05) is 6.54 Å². The smallest absolute Gasteiger partial charge is 0.323 e. The standard InChI is InChI=1S/C15H20ClNO2/c1-2-11-7-8-17-14(9-11)15(18)19-10-12-3-5-13(16)6-4-12/h3-6,11,14,17H,2,7-10H2,1H3. The first-order chi connectivity index (χ1) is 9.19. The second kappa shape index (κ2) is 6.92. The SMILES string of the molecule is CCC1CCNC(C(=O)OCc2ccc(Cl)cc2)C1. The third-order valence-electron chi connectivity index (χ3n) is 3.67. The second-order valence-electron chi connectivity index (χ2n) is 5.04. The van der Waals surface area contributed by atoms with Crippen molar-refractivity contribution in [1.29, 1.82) is 0 Å². The van der Waals surface area contributed by atoms with Crippen molar-refractivity contribution in [2.45, 2.75) is 38.8 Å². The van der Waals surface area contributed by atoms with E-state index >= 15 is 0 Å². The van der Waals surface area contributed by atoms with E-state index in [2.05, 4.69) is 12.2 Å². The Labute approximate surface area is 119 Å². The van der Waals surface area contributed by atoms with Gasteiger partial charge in [0.25, 0.3) is 0 Å². The molecule has 1 N–H and O–H groups in total. The van der Waals surface area contributed by atoms with E-state index in [-0.39, 0.29) is 12.0 Å². The zero-order valence-corrected chi connectivity index (χ0v) is 12.0. The highest BCUT2D eigenvalue weighted by Gasteiger charge is 2.26. The largest absolute Gasteiger partial charge is 0.460 e. The molecular weight excluding hydrogens is 262 g/mol. The van der Waals surface area contributed by atoms with Gasteiger partial charge in [-0.3, -0.25) is 4.79 Å². The van der Waals surface area contributed by atoms with Crippen molar-refractivity contribution in [3.05, 3.63) is 34.9 Å². The molecule has 0 bridgehead atoms. The van der Waals surface area contributed by atoms with Crippen LogP contribution < -0.4 is 5.32 Å². The van der Waals surface area contributed by atoms with Crippen LogP contribution in [0.1, 0.15) is 31.7 Å². The van der Waals surface area contributed by atoms with E-state index in [0.29, 0.717) is 17.5 Å². The van der Waals surface area contributed by atoms with E-state index in [1.807, 2.05) is 12.1 Å². The summed E-state index contributed by atoms with van der Waals surface area (Å²) in [5, 5.41) is 3.92. The Morgan fingerprint density at radius 1 is 1.42 bits per heavy atom. The second-order valence-corrected chi connectivity index (χ2v) is 5.48. The van der Waals surface area contributed by atoms with Gasteiger partial charge in [-0.05, 0) is 43.0 Å². The summed E-state index contributed by atoms with van der Waals surface area (Å²) in [6, 6.07) is 7.20. The molecule has 0 saturated carbocycles. The Kier molecular flexibility index (Phi) is 5.23. The zero-order chi connectivity index (χ0) is 13.7. The fourth-order valence-electron chi connectivity index (χ4n) is 2.38. The Bertz CT molecular complexity index is 419. The summed E-state index contributed by atoms with van der Waals surface area (Å²) in [4.78, 5) is 12.0. The van der Waals surface area contributed by atoms with Crippen molar-refractivity contribution in [2.24, 2.45) is 5.92 Å². The number of piperidine rings is 1. The van der Waals surface area contributed by atoms with Gasteiger partial charge in [0.15, 0.2) is 0 Å². The van der Waals surface area contributed by atoms with Gasteiger partial charge in [-0.25, -0.2) is 0 Å². The van der Waals surface area contributed by atoms with Crippen LogP contribution in [0.15, 0.2) is 24.3 Å². The molecule has 1 aliphatic heterocycles. The molecule has 1 heterocycles. The van der Waals surface area contributed by atoms with Crippen molar-refractivity contribution < 1.29 is 9.53 Å². The first-order valence-corrected chi connectivity index (χ1v) is 7.21. The maximum Gasteiger partial charge on any atom is 0.323 e. The monoisotopic (exact) mass is 281 g/mol. The molecule has 0 aliphatic carbocycles. The van der Waals surface area contributed by atoms with E-state index in [1.54, 1.807) is 12.1 Å². The normalized spacial score (nSPS) is 23.1. The van der Waals surface area contributed by atoms with Crippen molar-refractivity contribution in [1.82, 2.24) is 5.32 Å². The van der Waals surface area contributed by atoms with Crippen LogP contribution >= 0.6 is 11.6 Å². The highest BCUT2D eigenvalue weighted by molar-refractivity contribution is 6.30. The van der Waals surface area contributed by atoms with Crippen LogP contribution in [0.4, 0.5) is 0 Å². The molecule has 1 fully saturated rings. The number of halogens is 1. The minimum Gasteiger partial charge on any atom is -0.460 e. The van der Waals surface area contributed by atoms with Gasteiger partial charge >= 0.3 is 5.97 Å². The first kappa shape index (κ1) is 14.4. The molecule has 3 nitrogen and oxygen atoms in total. The van der Waals surface area contributed by atoms with Gasteiger partial charge in [-0.15, -0.1) is 0 Å². The molecule has 0 spiro atoms. The predicted molar refractivity (Wildman–Crippen MR) is 76.1 cm³/mol. The van der Waals surface area contributed by atoms with Gasteiger partial charge in [0.2, 0.25) is 0 Å². The van der Waals surface area contributed by atoms with Crippen LogP contribution in [0, 0.1) is 5.92 Å². The molecule has 2 unspecified atom stereocenters. The topological polar surface area (TPSA) is 38.3 Å². The van der Waals surface area contributed by atoms with Crippen LogP contribution in [0.5, 0.6) is 0 Å². The number of rotatable bonds is 4. The van der Waals surface area contributed by atoms with Crippen LogP contribution in [-0.2, 0) is 16.1 Å². The molecule has 104 valence electrons. The molecule has 0 amide bonds. The predicted octanol–water partition coefficient (Wildman–Crippen LogP) is 3.16. The average Bonchev–Trinajstić information content (AvgIpc) is 2.46. The molecule has 19 heavy (non-hydrogen) atoms. The van der Waals surface area contributed by atoms with Crippen LogP contribution in [0.3, 0.4) is 0 Å². The molecule has 2 atom stereocenters. The molecule has 1 aromatic rings. The molecule has 1 saturated heterocycles. The summed E-state index contributed by atoms with van der Waals surface area (Å²) in [6.45, 7) is 3.39. The molecule has 1 aromatic carbocycles. The number of carbonyl (C=O) groups excluding carboxylic acids is 1. The maximum atomic E-state index is 12.0. The lowest BCUT2D eigenvalue weighted by Crippen LogP contribution is -2.44. The number of nitrogens with one attached hydrogen (secondary N) is 1. The van der Waals surface area contributed by atoms with E-state index in [9.17, 15) is 4.79 Å². The molecule has 1 aliphatic rings. The minimum atomic E-state index is -0.147. The summed E-state index contributed by atoms with van der Waals surface area (Å²) < 4.78 is 5.36. The average molecular weight is 282 g/mol. The number of hydrogen-bond donors (Lipinski definition) is 1. The molecule has 2 rings (SSSR count). The van der Waals surface area contributed by atoms with Crippen molar-refractivity contribution in [3.8, 4) is 0 Å². The zero-order valence-electron chi connectivity index (χ0n) is 11.2.